The third-order valence-corrected chi connectivity index (χ3v) is 6.16. The summed E-state index contributed by atoms with van der Waals surface area (Å²) < 4.78 is 0. The molecule has 1 amide bonds. The number of hydrogen-bond acceptors (Lipinski definition) is 8. The van der Waals surface area contributed by atoms with Gasteiger partial charge in [0, 0.05) is 35.5 Å². The molecule has 0 saturated carbocycles. The second kappa shape index (κ2) is 9.60. The number of likely N-dealkylation sites (N-methyl/N-ethyl adjacent to an activating group) is 1. The standard InChI is InChI=1S/C27H26N8O/c1-16-22-8-6-18(11-19(22)9-10-29-16)5-7-21-12-20(13-23(33-21)34-27(36)17(2)28-3)24-25-26(31-14-30-24)32-15-35(25)4/h6,8-14,17,28H,15H2,1-4H3,(H,30,31,32)(H,33,34,36). The summed E-state index contributed by atoms with van der Waals surface area (Å²) in [6.45, 7) is 4.42. The number of nitrogens with zero attached hydrogens (tertiary/aromatic N) is 5. The number of rotatable bonds is 4. The maximum atomic E-state index is 12.6. The molecule has 4 heterocycles. The molecule has 1 aliphatic heterocycles. The van der Waals surface area contributed by atoms with Crippen molar-refractivity contribution in [2.75, 3.05) is 36.3 Å². The fourth-order valence-corrected chi connectivity index (χ4v) is 4.06. The molecule has 0 spiro atoms. The molecule has 1 aromatic carbocycles. The van der Waals surface area contributed by atoms with Crippen LogP contribution in [0.1, 0.15) is 23.9 Å². The first kappa shape index (κ1) is 23.2. The third-order valence-electron chi connectivity index (χ3n) is 6.16. The molecule has 180 valence electrons. The largest absolute Gasteiger partial charge is 0.352 e. The lowest BCUT2D eigenvalue weighted by Gasteiger charge is -2.15. The Morgan fingerprint density at radius 3 is 2.83 bits per heavy atom. The summed E-state index contributed by atoms with van der Waals surface area (Å²) in [6.07, 6.45) is 3.33. The smallest absolute Gasteiger partial charge is 0.242 e. The highest BCUT2D eigenvalue weighted by molar-refractivity contribution is 5.95. The highest BCUT2D eigenvalue weighted by Crippen LogP contribution is 2.37. The van der Waals surface area contributed by atoms with Gasteiger partial charge in [0.2, 0.25) is 5.91 Å². The van der Waals surface area contributed by atoms with Gasteiger partial charge in [-0.25, -0.2) is 15.0 Å². The lowest BCUT2D eigenvalue weighted by Crippen LogP contribution is -2.35. The molecular weight excluding hydrogens is 452 g/mol. The van der Waals surface area contributed by atoms with Crippen molar-refractivity contribution in [3.8, 4) is 23.1 Å². The molecule has 4 aromatic rings. The van der Waals surface area contributed by atoms with Crippen LogP contribution in [0.5, 0.6) is 0 Å². The predicted octanol–water partition coefficient (Wildman–Crippen LogP) is 3.16. The first-order valence-corrected chi connectivity index (χ1v) is 11.6. The van der Waals surface area contributed by atoms with Gasteiger partial charge in [-0.2, -0.15) is 0 Å². The first-order chi connectivity index (χ1) is 17.4. The molecule has 0 saturated heterocycles. The molecule has 5 rings (SSSR count). The molecule has 36 heavy (non-hydrogen) atoms. The Morgan fingerprint density at radius 1 is 1.14 bits per heavy atom. The average Bonchev–Trinajstić information content (AvgIpc) is 3.27. The summed E-state index contributed by atoms with van der Waals surface area (Å²) in [5, 5.41) is 11.3. The zero-order chi connectivity index (χ0) is 25.2. The summed E-state index contributed by atoms with van der Waals surface area (Å²) in [4.78, 5) is 32.5. The zero-order valence-corrected chi connectivity index (χ0v) is 20.5. The Kier molecular flexibility index (Phi) is 6.19. The van der Waals surface area contributed by atoms with Crippen molar-refractivity contribution in [3.05, 3.63) is 65.9 Å². The number of aromatic nitrogens is 4. The van der Waals surface area contributed by atoms with Crippen molar-refractivity contribution in [1.82, 2.24) is 25.3 Å². The van der Waals surface area contributed by atoms with E-state index >= 15 is 0 Å². The van der Waals surface area contributed by atoms with Crippen LogP contribution in [-0.4, -0.2) is 52.6 Å². The number of amides is 1. The fraction of sp³-hybridized carbons (Fsp3) is 0.222. The topological polar surface area (TPSA) is 108 Å². The van der Waals surface area contributed by atoms with E-state index in [1.807, 2.05) is 55.3 Å². The minimum Gasteiger partial charge on any atom is -0.352 e. The lowest BCUT2D eigenvalue weighted by atomic mass is 10.1. The van der Waals surface area contributed by atoms with E-state index in [4.69, 9.17) is 0 Å². The van der Waals surface area contributed by atoms with E-state index in [9.17, 15) is 4.79 Å². The van der Waals surface area contributed by atoms with Crippen LogP contribution in [0, 0.1) is 18.8 Å². The maximum absolute atomic E-state index is 12.6. The van der Waals surface area contributed by atoms with Gasteiger partial charge in [0.25, 0.3) is 0 Å². The minimum atomic E-state index is -0.376. The van der Waals surface area contributed by atoms with Crippen molar-refractivity contribution in [1.29, 1.82) is 0 Å². The molecule has 3 aromatic heterocycles. The Bertz CT molecular complexity index is 1540. The van der Waals surface area contributed by atoms with Gasteiger partial charge in [-0.05, 0) is 62.5 Å². The highest BCUT2D eigenvalue weighted by Gasteiger charge is 2.23. The zero-order valence-electron chi connectivity index (χ0n) is 20.5. The van der Waals surface area contributed by atoms with Crippen molar-refractivity contribution >= 4 is 34.0 Å². The Morgan fingerprint density at radius 2 is 2.00 bits per heavy atom. The van der Waals surface area contributed by atoms with Crippen LogP contribution >= 0.6 is 0 Å². The van der Waals surface area contributed by atoms with Gasteiger partial charge in [0.1, 0.15) is 23.5 Å². The first-order valence-electron chi connectivity index (χ1n) is 11.6. The Hall–Kier alpha value is -4.55. The van der Waals surface area contributed by atoms with Crippen LogP contribution in [0.3, 0.4) is 0 Å². The Labute approximate surface area is 209 Å². The SMILES string of the molecule is CNC(C)C(=O)Nc1cc(-c2ncnc3c2N(C)CN3)cc(C#Cc2ccc3c(C)nccc3c2)n1. The molecule has 9 nitrogen and oxygen atoms in total. The van der Waals surface area contributed by atoms with Crippen molar-refractivity contribution in [3.63, 3.8) is 0 Å². The lowest BCUT2D eigenvalue weighted by molar-refractivity contribution is -0.117. The average molecular weight is 479 g/mol. The molecule has 0 radical (unpaired) electrons. The minimum absolute atomic E-state index is 0.189. The van der Waals surface area contributed by atoms with Gasteiger partial charge >= 0.3 is 0 Å². The van der Waals surface area contributed by atoms with E-state index in [1.165, 1.54) is 6.33 Å². The number of aryl methyl sites for hydroxylation is 1. The van der Waals surface area contributed by atoms with E-state index in [2.05, 4.69) is 47.7 Å². The molecule has 0 fully saturated rings. The van der Waals surface area contributed by atoms with Gasteiger partial charge in [-0.15, -0.1) is 0 Å². The summed E-state index contributed by atoms with van der Waals surface area (Å²) in [7, 11) is 3.71. The number of fused-ring (bicyclic) bond motifs is 2. The maximum Gasteiger partial charge on any atom is 0.242 e. The molecule has 1 atom stereocenters. The molecule has 3 N–H and O–H groups in total. The fourth-order valence-electron chi connectivity index (χ4n) is 4.06. The van der Waals surface area contributed by atoms with Gasteiger partial charge < -0.3 is 20.9 Å². The number of anilines is 3. The molecule has 0 bridgehead atoms. The quantitative estimate of drug-likeness (QED) is 0.384. The van der Waals surface area contributed by atoms with Crippen LogP contribution in [-0.2, 0) is 4.79 Å². The third kappa shape index (κ3) is 4.54. The van der Waals surface area contributed by atoms with E-state index < -0.39 is 0 Å². The molecule has 9 heteroatoms. The highest BCUT2D eigenvalue weighted by atomic mass is 16.2. The number of pyridine rings is 2. The van der Waals surface area contributed by atoms with Crippen LogP contribution in [0.2, 0.25) is 0 Å². The van der Waals surface area contributed by atoms with Crippen LogP contribution in [0.4, 0.5) is 17.3 Å². The molecule has 1 unspecified atom stereocenters. The second-order valence-electron chi connectivity index (χ2n) is 8.66. The van der Waals surface area contributed by atoms with Gasteiger partial charge in [0.05, 0.1) is 18.4 Å². The molecule has 0 aliphatic carbocycles. The van der Waals surface area contributed by atoms with E-state index in [-0.39, 0.29) is 11.9 Å². The number of hydrogen-bond donors (Lipinski definition) is 3. The normalized spacial score (nSPS) is 12.9. The Balaban J connectivity index is 1.57. The van der Waals surface area contributed by atoms with Crippen LogP contribution in [0.25, 0.3) is 22.0 Å². The van der Waals surface area contributed by atoms with E-state index in [1.54, 1.807) is 20.2 Å². The summed E-state index contributed by atoms with van der Waals surface area (Å²) in [5.41, 5.74) is 4.78. The second-order valence-corrected chi connectivity index (χ2v) is 8.66. The number of benzene rings is 1. The van der Waals surface area contributed by atoms with Gasteiger partial charge in [-0.3, -0.25) is 9.78 Å². The van der Waals surface area contributed by atoms with Gasteiger partial charge in [-0.1, -0.05) is 12.0 Å². The molecular formula is C27H26N8O. The monoisotopic (exact) mass is 478 g/mol. The van der Waals surface area contributed by atoms with Crippen molar-refractivity contribution in [2.24, 2.45) is 0 Å². The van der Waals surface area contributed by atoms with E-state index in [0.717, 1.165) is 44.8 Å². The van der Waals surface area contributed by atoms with Crippen molar-refractivity contribution in [2.45, 2.75) is 19.9 Å². The number of carbonyl (C=O) groups excluding carboxylic acids is 1. The van der Waals surface area contributed by atoms with Crippen LogP contribution < -0.4 is 20.9 Å². The van der Waals surface area contributed by atoms with E-state index in [0.29, 0.717) is 18.2 Å². The summed E-state index contributed by atoms with van der Waals surface area (Å²) in [5.74, 6) is 7.37. The summed E-state index contributed by atoms with van der Waals surface area (Å²) >= 11 is 0. The summed E-state index contributed by atoms with van der Waals surface area (Å²) in [6, 6.07) is 11.3. The van der Waals surface area contributed by atoms with Crippen molar-refractivity contribution < 1.29 is 4.79 Å². The number of nitrogens with one attached hydrogen (secondary N) is 3. The van der Waals surface area contributed by atoms with Crippen LogP contribution in [0.15, 0.2) is 48.9 Å². The number of carbonyl (C=O) groups is 1. The predicted molar refractivity (Wildman–Crippen MR) is 142 cm³/mol. The van der Waals surface area contributed by atoms with Gasteiger partial charge in [0.15, 0.2) is 5.82 Å². The molecule has 1 aliphatic rings.